The maximum Gasteiger partial charge on any atom is 0.225 e. The highest BCUT2D eigenvalue weighted by Gasteiger charge is 2.52. The SMILES string of the molecule is COc1ccc2c3c1O[C@H]1C[C@@H](O)C=C[C@@]31CCN(c1ncccn1)C2. The van der Waals surface area contributed by atoms with E-state index in [1.165, 1.54) is 11.1 Å². The predicted molar refractivity (Wildman–Crippen MR) is 96.6 cm³/mol. The van der Waals surface area contributed by atoms with Crippen molar-refractivity contribution in [2.45, 2.75) is 37.0 Å². The molecular weight excluding hydrogens is 330 g/mol. The van der Waals surface area contributed by atoms with Gasteiger partial charge < -0.3 is 19.5 Å². The molecule has 3 aliphatic rings. The molecule has 26 heavy (non-hydrogen) atoms. The molecule has 0 saturated heterocycles. The van der Waals surface area contributed by atoms with Crippen LogP contribution in [0.3, 0.4) is 0 Å². The summed E-state index contributed by atoms with van der Waals surface area (Å²) in [6, 6.07) is 5.91. The molecule has 0 radical (unpaired) electrons. The molecule has 0 amide bonds. The van der Waals surface area contributed by atoms with E-state index >= 15 is 0 Å². The van der Waals surface area contributed by atoms with Gasteiger partial charge in [-0.25, -0.2) is 9.97 Å². The van der Waals surface area contributed by atoms with E-state index in [-0.39, 0.29) is 11.5 Å². The molecule has 0 saturated carbocycles. The molecule has 2 aliphatic heterocycles. The number of nitrogens with zero attached hydrogens (tertiary/aromatic N) is 3. The molecule has 1 aromatic carbocycles. The number of anilines is 1. The van der Waals surface area contributed by atoms with Gasteiger partial charge in [0.1, 0.15) is 6.10 Å². The second-order valence-corrected chi connectivity index (χ2v) is 7.16. The summed E-state index contributed by atoms with van der Waals surface area (Å²) in [4.78, 5) is 11.1. The van der Waals surface area contributed by atoms with E-state index in [4.69, 9.17) is 9.47 Å². The smallest absolute Gasteiger partial charge is 0.225 e. The standard InChI is InChI=1S/C20H21N3O3/c1-25-15-4-3-13-12-23(19-21-8-2-9-22-19)10-7-20-6-5-14(24)11-16(20)26-18(15)17(13)20/h2-6,8-9,14,16,24H,7,10-12H2,1H3/t14-,16-,20-/m0/s1. The minimum atomic E-state index is -0.466. The van der Waals surface area contributed by atoms with Crippen molar-refractivity contribution < 1.29 is 14.6 Å². The van der Waals surface area contributed by atoms with Crippen molar-refractivity contribution in [3.63, 3.8) is 0 Å². The summed E-state index contributed by atoms with van der Waals surface area (Å²) in [5.74, 6) is 2.32. The molecule has 0 unspecified atom stereocenters. The average Bonchev–Trinajstić information content (AvgIpc) is 2.90. The number of hydrogen-bond donors (Lipinski definition) is 1. The molecule has 3 heterocycles. The molecule has 134 valence electrons. The molecular formula is C20H21N3O3. The van der Waals surface area contributed by atoms with Gasteiger partial charge in [-0.15, -0.1) is 0 Å². The molecule has 5 rings (SSSR count). The monoisotopic (exact) mass is 351 g/mol. The van der Waals surface area contributed by atoms with Gasteiger partial charge in [-0.2, -0.15) is 0 Å². The van der Waals surface area contributed by atoms with Gasteiger partial charge in [0.2, 0.25) is 5.95 Å². The third-order valence-electron chi connectivity index (χ3n) is 5.79. The van der Waals surface area contributed by atoms with Gasteiger partial charge in [0.25, 0.3) is 0 Å². The molecule has 6 heteroatoms. The van der Waals surface area contributed by atoms with Gasteiger partial charge in [-0.3, -0.25) is 0 Å². The minimum absolute atomic E-state index is 0.0795. The first-order valence-corrected chi connectivity index (χ1v) is 8.98. The fourth-order valence-corrected chi connectivity index (χ4v) is 4.56. The first-order valence-electron chi connectivity index (χ1n) is 8.98. The highest BCUT2D eigenvalue weighted by atomic mass is 16.5. The van der Waals surface area contributed by atoms with E-state index in [0.717, 1.165) is 37.0 Å². The van der Waals surface area contributed by atoms with Crippen LogP contribution < -0.4 is 14.4 Å². The molecule has 6 nitrogen and oxygen atoms in total. The highest BCUT2D eigenvalue weighted by molar-refractivity contribution is 5.62. The second-order valence-electron chi connectivity index (χ2n) is 7.16. The summed E-state index contributed by atoms with van der Waals surface area (Å²) in [6.07, 6.45) is 8.54. The highest BCUT2D eigenvalue weighted by Crippen LogP contribution is 2.55. The number of aliphatic hydroxyl groups excluding tert-OH is 1. The van der Waals surface area contributed by atoms with E-state index in [2.05, 4.69) is 27.0 Å². The lowest BCUT2D eigenvalue weighted by atomic mass is 9.69. The van der Waals surface area contributed by atoms with E-state index < -0.39 is 6.10 Å². The van der Waals surface area contributed by atoms with Gasteiger partial charge in [0.05, 0.1) is 18.6 Å². The Kier molecular flexibility index (Phi) is 3.43. The number of rotatable bonds is 2. The summed E-state index contributed by atoms with van der Waals surface area (Å²) in [6.45, 7) is 1.55. The number of ether oxygens (including phenoxy) is 2. The van der Waals surface area contributed by atoms with Gasteiger partial charge in [-0.1, -0.05) is 18.2 Å². The van der Waals surface area contributed by atoms with Gasteiger partial charge >= 0.3 is 0 Å². The second kappa shape index (κ2) is 5.71. The maximum absolute atomic E-state index is 10.1. The number of aliphatic hydroxyl groups is 1. The third kappa shape index (κ3) is 2.15. The topological polar surface area (TPSA) is 67.7 Å². The van der Waals surface area contributed by atoms with Crippen molar-refractivity contribution in [1.29, 1.82) is 0 Å². The Balaban J connectivity index is 1.66. The maximum atomic E-state index is 10.1. The van der Waals surface area contributed by atoms with Crippen molar-refractivity contribution in [3.8, 4) is 11.5 Å². The zero-order chi connectivity index (χ0) is 17.7. The van der Waals surface area contributed by atoms with Crippen LogP contribution in [-0.2, 0) is 12.0 Å². The summed E-state index contributed by atoms with van der Waals surface area (Å²) >= 11 is 0. The Morgan fingerprint density at radius 3 is 2.96 bits per heavy atom. The van der Waals surface area contributed by atoms with Crippen LogP contribution in [0.25, 0.3) is 0 Å². The quantitative estimate of drug-likeness (QED) is 0.837. The van der Waals surface area contributed by atoms with Crippen LogP contribution in [-0.4, -0.2) is 40.9 Å². The molecule has 1 spiro atoms. The van der Waals surface area contributed by atoms with Crippen LogP contribution in [0, 0.1) is 0 Å². The van der Waals surface area contributed by atoms with Crippen LogP contribution in [0.5, 0.6) is 11.5 Å². The molecule has 0 fully saturated rings. The Hall–Kier alpha value is -2.60. The number of benzene rings is 1. The summed E-state index contributed by atoms with van der Waals surface area (Å²) in [5.41, 5.74) is 2.17. The predicted octanol–water partition coefficient (Wildman–Crippen LogP) is 2.22. The number of hydrogen-bond acceptors (Lipinski definition) is 6. The average molecular weight is 351 g/mol. The Morgan fingerprint density at radius 1 is 1.31 bits per heavy atom. The number of aromatic nitrogens is 2. The summed E-state index contributed by atoms with van der Waals surface area (Å²) in [7, 11) is 1.67. The van der Waals surface area contributed by atoms with Crippen molar-refractivity contribution in [2.75, 3.05) is 18.6 Å². The fraction of sp³-hybridized carbons (Fsp3) is 0.400. The normalized spacial score (nSPS) is 28.8. The van der Waals surface area contributed by atoms with Crippen molar-refractivity contribution >= 4 is 5.95 Å². The van der Waals surface area contributed by atoms with Gasteiger partial charge in [-0.05, 0) is 24.1 Å². The zero-order valence-electron chi connectivity index (χ0n) is 14.6. The summed E-state index contributed by atoms with van der Waals surface area (Å²) in [5, 5.41) is 10.1. The lowest BCUT2D eigenvalue weighted by Gasteiger charge is -2.35. The van der Waals surface area contributed by atoms with E-state index in [1.54, 1.807) is 19.5 Å². The van der Waals surface area contributed by atoms with Gasteiger partial charge in [0.15, 0.2) is 11.5 Å². The van der Waals surface area contributed by atoms with Crippen molar-refractivity contribution in [1.82, 2.24) is 9.97 Å². The Bertz CT molecular complexity index is 870. The Morgan fingerprint density at radius 2 is 2.15 bits per heavy atom. The van der Waals surface area contributed by atoms with Gasteiger partial charge in [0, 0.05) is 37.5 Å². The van der Waals surface area contributed by atoms with Crippen molar-refractivity contribution in [2.24, 2.45) is 0 Å². The van der Waals surface area contributed by atoms with Crippen molar-refractivity contribution in [3.05, 3.63) is 53.9 Å². The lowest BCUT2D eigenvalue weighted by Crippen LogP contribution is -2.43. The molecule has 2 aromatic rings. The fourth-order valence-electron chi connectivity index (χ4n) is 4.56. The minimum Gasteiger partial charge on any atom is -0.493 e. The van der Waals surface area contributed by atoms with Crippen LogP contribution in [0.2, 0.25) is 0 Å². The lowest BCUT2D eigenvalue weighted by molar-refractivity contribution is 0.0856. The Labute approximate surface area is 152 Å². The molecule has 0 bridgehead atoms. The largest absolute Gasteiger partial charge is 0.493 e. The number of methoxy groups -OCH3 is 1. The molecule has 1 N–H and O–H groups in total. The zero-order valence-corrected chi connectivity index (χ0v) is 14.6. The molecule has 1 aromatic heterocycles. The van der Waals surface area contributed by atoms with E-state index in [0.29, 0.717) is 6.42 Å². The van der Waals surface area contributed by atoms with E-state index in [9.17, 15) is 5.11 Å². The summed E-state index contributed by atoms with van der Waals surface area (Å²) < 4.78 is 11.9. The molecule has 1 aliphatic carbocycles. The molecule has 3 atom stereocenters. The third-order valence-corrected chi connectivity index (χ3v) is 5.79. The van der Waals surface area contributed by atoms with Crippen LogP contribution >= 0.6 is 0 Å². The van der Waals surface area contributed by atoms with Crippen LogP contribution in [0.1, 0.15) is 24.0 Å². The van der Waals surface area contributed by atoms with E-state index in [1.807, 2.05) is 18.2 Å². The first-order chi connectivity index (χ1) is 12.7. The first kappa shape index (κ1) is 15.6. The van der Waals surface area contributed by atoms with Crippen LogP contribution in [0.4, 0.5) is 5.95 Å². The van der Waals surface area contributed by atoms with Crippen LogP contribution in [0.15, 0.2) is 42.7 Å².